The van der Waals surface area contributed by atoms with Crippen LogP contribution < -0.4 is 10.1 Å². The molecule has 0 saturated heterocycles. The normalized spacial score (nSPS) is 12.0. The van der Waals surface area contributed by atoms with Gasteiger partial charge in [0.2, 0.25) is 0 Å². The van der Waals surface area contributed by atoms with E-state index in [1.165, 1.54) is 0 Å². The average Bonchev–Trinajstić information content (AvgIpc) is 2.48. The first-order chi connectivity index (χ1) is 10.0. The molecule has 0 aromatic heterocycles. The summed E-state index contributed by atoms with van der Waals surface area (Å²) in [6.45, 7) is 0.574. The number of nitrogens with one attached hydrogen (secondary N) is 1. The Balaban J connectivity index is 1.77. The smallest absolute Gasteiger partial charge is 0.119 e. The van der Waals surface area contributed by atoms with Crippen molar-refractivity contribution in [2.24, 2.45) is 0 Å². The van der Waals surface area contributed by atoms with E-state index >= 15 is 0 Å². The summed E-state index contributed by atoms with van der Waals surface area (Å²) < 4.78 is 6.28. The molecular weight excluding hydrogens is 377 g/mol. The highest BCUT2D eigenvalue weighted by atomic mass is 79.9. The zero-order valence-electron chi connectivity index (χ0n) is 11.0. The topological polar surface area (TPSA) is 41.5 Å². The van der Waals surface area contributed by atoms with Crippen LogP contribution in [0.1, 0.15) is 0 Å². The highest BCUT2D eigenvalue weighted by Gasteiger charge is 2.06. The van der Waals surface area contributed by atoms with E-state index in [9.17, 15) is 5.11 Å². The molecule has 2 N–H and O–H groups in total. The van der Waals surface area contributed by atoms with Gasteiger partial charge in [0.25, 0.3) is 0 Å². The molecule has 112 valence electrons. The summed E-state index contributed by atoms with van der Waals surface area (Å²) in [6.07, 6.45) is -0.630. The van der Waals surface area contributed by atoms with Crippen molar-refractivity contribution in [3.8, 4) is 5.75 Å². The van der Waals surface area contributed by atoms with Crippen LogP contribution in [0.4, 0.5) is 5.69 Å². The molecule has 0 spiro atoms. The number of anilines is 1. The van der Waals surface area contributed by atoms with Gasteiger partial charge >= 0.3 is 0 Å². The van der Waals surface area contributed by atoms with Crippen LogP contribution in [-0.4, -0.2) is 24.4 Å². The molecule has 0 bridgehead atoms. The third-order valence-corrected chi connectivity index (χ3v) is 4.18. The van der Waals surface area contributed by atoms with Crippen molar-refractivity contribution in [1.82, 2.24) is 0 Å². The Morgan fingerprint density at radius 1 is 1.14 bits per heavy atom. The summed E-state index contributed by atoms with van der Waals surface area (Å²) in [5.74, 6) is 0.674. The van der Waals surface area contributed by atoms with Crippen molar-refractivity contribution in [1.29, 1.82) is 0 Å². The van der Waals surface area contributed by atoms with Crippen molar-refractivity contribution < 1.29 is 9.84 Å². The molecule has 2 aromatic rings. The first kappa shape index (κ1) is 16.4. The van der Waals surface area contributed by atoms with Gasteiger partial charge in [-0.3, -0.25) is 0 Å². The number of hydrogen-bond acceptors (Lipinski definition) is 3. The van der Waals surface area contributed by atoms with Gasteiger partial charge in [0, 0.05) is 21.7 Å². The predicted molar refractivity (Wildman–Crippen MR) is 90.6 cm³/mol. The summed E-state index contributed by atoms with van der Waals surface area (Å²) in [5.41, 5.74) is 0.872. The maximum absolute atomic E-state index is 9.90. The van der Waals surface area contributed by atoms with Gasteiger partial charge in [0.15, 0.2) is 0 Å². The lowest BCUT2D eigenvalue weighted by molar-refractivity contribution is 0.117. The van der Waals surface area contributed by atoms with Crippen molar-refractivity contribution in [3.63, 3.8) is 0 Å². The quantitative estimate of drug-likeness (QED) is 0.756. The van der Waals surface area contributed by atoms with Gasteiger partial charge in [-0.05, 0) is 58.4 Å². The highest BCUT2D eigenvalue weighted by Crippen LogP contribution is 2.25. The van der Waals surface area contributed by atoms with E-state index in [1.54, 1.807) is 30.3 Å². The second-order valence-corrected chi connectivity index (χ2v) is 6.13. The van der Waals surface area contributed by atoms with Crippen LogP contribution in [0.2, 0.25) is 10.0 Å². The van der Waals surface area contributed by atoms with E-state index in [-0.39, 0.29) is 6.61 Å². The lowest BCUT2D eigenvalue weighted by Crippen LogP contribution is -2.26. The SMILES string of the molecule is OC(CNc1ccc(Cl)c(Br)c1)COc1ccc(Cl)cc1. The Labute approximate surface area is 142 Å². The third kappa shape index (κ3) is 5.40. The molecule has 0 amide bonds. The van der Waals surface area contributed by atoms with Gasteiger partial charge in [-0.15, -0.1) is 0 Å². The molecule has 0 aliphatic carbocycles. The number of rotatable bonds is 6. The fourth-order valence-corrected chi connectivity index (χ4v) is 2.25. The number of halogens is 3. The largest absolute Gasteiger partial charge is 0.491 e. The Hall–Kier alpha value is -0.940. The van der Waals surface area contributed by atoms with Crippen molar-refractivity contribution in [2.45, 2.75) is 6.10 Å². The Kier molecular flexibility index (Phi) is 6.18. The first-order valence-corrected chi connectivity index (χ1v) is 7.85. The van der Waals surface area contributed by atoms with Gasteiger partial charge in [-0.1, -0.05) is 23.2 Å². The molecule has 1 atom stereocenters. The highest BCUT2D eigenvalue weighted by molar-refractivity contribution is 9.10. The first-order valence-electron chi connectivity index (χ1n) is 6.30. The van der Waals surface area contributed by atoms with E-state index in [0.717, 1.165) is 10.2 Å². The number of aliphatic hydroxyl groups is 1. The van der Waals surface area contributed by atoms with E-state index < -0.39 is 6.10 Å². The molecule has 0 saturated carbocycles. The van der Waals surface area contributed by atoms with Gasteiger partial charge < -0.3 is 15.2 Å². The van der Waals surface area contributed by atoms with Gasteiger partial charge in [0.05, 0.1) is 5.02 Å². The zero-order valence-corrected chi connectivity index (χ0v) is 14.1. The molecule has 1 unspecified atom stereocenters. The second kappa shape index (κ2) is 7.90. The van der Waals surface area contributed by atoms with E-state index in [0.29, 0.717) is 22.3 Å². The maximum Gasteiger partial charge on any atom is 0.119 e. The molecule has 2 aromatic carbocycles. The van der Waals surface area contributed by atoms with Crippen LogP contribution in [0.5, 0.6) is 5.75 Å². The second-order valence-electron chi connectivity index (χ2n) is 4.43. The van der Waals surface area contributed by atoms with Crippen LogP contribution in [-0.2, 0) is 0 Å². The Bertz CT molecular complexity index is 593. The van der Waals surface area contributed by atoms with Gasteiger partial charge in [-0.25, -0.2) is 0 Å². The molecule has 3 nitrogen and oxygen atoms in total. The monoisotopic (exact) mass is 389 g/mol. The predicted octanol–water partition coefficient (Wildman–Crippen LogP) is 4.61. The summed E-state index contributed by atoms with van der Waals surface area (Å²) in [7, 11) is 0. The molecule has 21 heavy (non-hydrogen) atoms. The molecule has 0 radical (unpaired) electrons. The molecule has 0 heterocycles. The van der Waals surface area contributed by atoms with E-state index in [4.69, 9.17) is 27.9 Å². The van der Waals surface area contributed by atoms with E-state index in [1.807, 2.05) is 12.1 Å². The molecule has 2 rings (SSSR count). The molecule has 0 fully saturated rings. The summed E-state index contributed by atoms with van der Waals surface area (Å²) >= 11 is 15.1. The van der Waals surface area contributed by atoms with Crippen LogP contribution in [0.25, 0.3) is 0 Å². The molecular formula is C15H14BrCl2NO2. The van der Waals surface area contributed by atoms with Crippen molar-refractivity contribution >= 4 is 44.8 Å². The summed E-state index contributed by atoms with van der Waals surface area (Å²) in [5, 5.41) is 14.3. The summed E-state index contributed by atoms with van der Waals surface area (Å²) in [4.78, 5) is 0. The average molecular weight is 391 g/mol. The number of ether oxygens (including phenoxy) is 1. The third-order valence-electron chi connectivity index (χ3n) is 2.72. The van der Waals surface area contributed by atoms with Crippen LogP contribution in [0.3, 0.4) is 0 Å². The lowest BCUT2D eigenvalue weighted by atomic mass is 10.3. The zero-order chi connectivity index (χ0) is 15.2. The molecule has 0 aliphatic heterocycles. The van der Waals surface area contributed by atoms with Crippen LogP contribution in [0.15, 0.2) is 46.9 Å². The van der Waals surface area contributed by atoms with E-state index in [2.05, 4.69) is 21.2 Å². The number of benzene rings is 2. The molecule has 6 heteroatoms. The van der Waals surface area contributed by atoms with Crippen LogP contribution in [0, 0.1) is 0 Å². The Morgan fingerprint density at radius 3 is 2.52 bits per heavy atom. The fourth-order valence-electron chi connectivity index (χ4n) is 1.62. The lowest BCUT2D eigenvalue weighted by Gasteiger charge is -2.14. The van der Waals surface area contributed by atoms with Gasteiger partial charge in [0.1, 0.15) is 18.5 Å². The minimum absolute atomic E-state index is 0.198. The number of aliphatic hydroxyl groups excluding tert-OH is 1. The fraction of sp³-hybridized carbons (Fsp3) is 0.200. The molecule has 0 aliphatic rings. The van der Waals surface area contributed by atoms with Crippen molar-refractivity contribution in [3.05, 3.63) is 57.0 Å². The van der Waals surface area contributed by atoms with Gasteiger partial charge in [-0.2, -0.15) is 0 Å². The Morgan fingerprint density at radius 2 is 1.86 bits per heavy atom. The standard InChI is InChI=1S/C15H14BrCl2NO2/c16-14-7-11(3-6-15(14)18)19-8-12(20)9-21-13-4-1-10(17)2-5-13/h1-7,12,19-20H,8-9H2. The summed E-state index contributed by atoms with van der Waals surface area (Å²) in [6, 6.07) is 12.5. The maximum atomic E-state index is 9.90. The van der Waals surface area contributed by atoms with Crippen LogP contribution >= 0.6 is 39.1 Å². The number of hydrogen-bond donors (Lipinski definition) is 2. The minimum atomic E-state index is -0.630. The minimum Gasteiger partial charge on any atom is -0.491 e. The van der Waals surface area contributed by atoms with Crippen molar-refractivity contribution in [2.75, 3.05) is 18.5 Å².